The summed E-state index contributed by atoms with van der Waals surface area (Å²) < 4.78 is 5.01. The highest BCUT2D eigenvalue weighted by molar-refractivity contribution is 7.98. The predicted molar refractivity (Wildman–Crippen MR) is 50.4 cm³/mol. The minimum atomic E-state index is 0.112. The lowest BCUT2D eigenvalue weighted by Crippen LogP contribution is -2.20. The molecule has 0 aromatic carbocycles. The Kier molecular flexibility index (Phi) is 3.21. The Balaban J connectivity index is 2.47. The van der Waals surface area contributed by atoms with Crippen molar-refractivity contribution in [1.29, 1.82) is 0 Å². The van der Waals surface area contributed by atoms with Gasteiger partial charge in [-0.3, -0.25) is 0 Å². The molecule has 5 nitrogen and oxygen atoms in total. The molecule has 0 aliphatic heterocycles. The van der Waals surface area contributed by atoms with Crippen molar-refractivity contribution in [2.75, 3.05) is 36.2 Å². The van der Waals surface area contributed by atoms with Gasteiger partial charge in [0.1, 0.15) is 0 Å². The van der Waals surface area contributed by atoms with Crippen LogP contribution in [0.4, 0.5) is 12.0 Å². The molecule has 0 radical (unpaired) electrons. The molecule has 1 rings (SSSR count). The minimum absolute atomic E-state index is 0.112. The quantitative estimate of drug-likeness (QED) is 0.740. The fourth-order valence-corrected chi connectivity index (χ4v) is 1.16. The second-order valence-electron chi connectivity index (χ2n) is 2.34. The van der Waals surface area contributed by atoms with Gasteiger partial charge in [-0.1, -0.05) is 10.2 Å². The van der Waals surface area contributed by atoms with Gasteiger partial charge in [0.05, 0.1) is 0 Å². The van der Waals surface area contributed by atoms with Crippen molar-refractivity contribution < 1.29 is 4.42 Å². The number of hydrogen-bond donors (Lipinski definition) is 1. The van der Waals surface area contributed by atoms with E-state index < -0.39 is 0 Å². The van der Waals surface area contributed by atoms with E-state index in [1.54, 1.807) is 11.8 Å². The number of thioether (sulfide) groups is 1. The van der Waals surface area contributed by atoms with E-state index in [0.29, 0.717) is 6.01 Å². The van der Waals surface area contributed by atoms with Crippen LogP contribution < -0.4 is 10.6 Å². The van der Waals surface area contributed by atoms with E-state index >= 15 is 0 Å². The molecule has 68 valence electrons. The summed E-state index contributed by atoms with van der Waals surface area (Å²) in [4.78, 5) is 1.87. The number of hydrogen-bond acceptors (Lipinski definition) is 6. The summed E-state index contributed by atoms with van der Waals surface area (Å²) in [5.41, 5.74) is 5.27. The molecule has 0 amide bonds. The van der Waals surface area contributed by atoms with Crippen LogP contribution in [0.15, 0.2) is 4.42 Å². The third kappa shape index (κ3) is 2.30. The number of nitrogens with two attached hydrogens (primary N) is 1. The molecule has 2 N–H and O–H groups in total. The summed E-state index contributed by atoms with van der Waals surface area (Å²) in [5, 5.41) is 7.30. The van der Waals surface area contributed by atoms with Crippen LogP contribution in [0.25, 0.3) is 0 Å². The summed E-state index contributed by atoms with van der Waals surface area (Å²) >= 11 is 1.77. The number of nitrogens with zero attached hydrogens (tertiary/aromatic N) is 3. The van der Waals surface area contributed by atoms with Crippen molar-refractivity contribution in [2.45, 2.75) is 0 Å². The van der Waals surface area contributed by atoms with Crippen LogP contribution in [0.5, 0.6) is 0 Å². The molecule has 1 aromatic rings. The molecular weight excluding hydrogens is 176 g/mol. The Hall–Kier alpha value is -0.910. The molecule has 1 aromatic heterocycles. The lowest BCUT2D eigenvalue weighted by molar-refractivity contribution is 0.564. The molecule has 0 unspecified atom stereocenters. The molecule has 0 bridgehead atoms. The highest BCUT2D eigenvalue weighted by atomic mass is 32.2. The minimum Gasteiger partial charge on any atom is -0.390 e. The van der Waals surface area contributed by atoms with Gasteiger partial charge in [-0.2, -0.15) is 11.8 Å². The second-order valence-corrected chi connectivity index (χ2v) is 3.32. The molecule has 0 saturated carbocycles. The number of nitrogen functional groups attached to an aromatic ring is 1. The first-order valence-electron chi connectivity index (χ1n) is 3.53. The van der Waals surface area contributed by atoms with Gasteiger partial charge in [0.15, 0.2) is 0 Å². The van der Waals surface area contributed by atoms with Crippen molar-refractivity contribution in [3.63, 3.8) is 0 Å². The maximum absolute atomic E-state index is 5.27. The summed E-state index contributed by atoms with van der Waals surface area (Å²) in [7, 11) is 1.89. The van der Waals surface area contributed by atoms with Gasteiger partial charge in [0.2, 0.25) is 0 Å². The molecule has 12 heavy (non-hydrogen) atoms. The average molecular weight is 188 g/mol. The van der Waals surface area contributed by atoms with E-state index in [9.17, 15) is 0 Å². The van der Waals surface area contributed by atoms with Crippen LogP contribution in [0, 0.1) is 0 Å². The highest BCUT2D eigenvalue weighted by Gasteiger charge is 2.07. The topological polar surface area (TPSA) is 68.2 Å². The van der Waals surface area contributed by atoms with Crippen molar-refractivity contribution in [3.05, 3.63) is 0 Å². The molecule has 0 aliphatic carbocycles. The van der Waals surface area contributed by atoms with Crippen LogP contribution in [0.1, 0.15) is 0 Å². The lowest BCUT2D eigenvalue weighted by atomic mass is 10.6. The van der Waals surface area contributed by atoms with Crippen LogP contribution in [-0.2, 0) is 0 Å². The largest absolute Gasteiger partial charge is 0.390 e. The Bertz CT molecular complexity index is 239. The third-order valence-electron chi connectivity index (χ3n) is 1.39. The van der Waals surface area contributed by atoms with Crippen molar-refractivity contribution in [1.82, 2.24) is 10.2 Å². The standard InChI is InChI=1S/C6H12N4OS/c1-10(3-4-12-2)6-9-8-5(7)11-6/h3-4H2,1-2H3,(H2,7,8). The third-order valence-corrected chi connectivity index (χ3v) is 1.98. The van der Waals surface area contributed by atoms with Crippen molar-refractivity contribution >= 4 is 23.8 Å². The number of anilines is 2. The lowest BCUT2D eigenvalue weighted by Gasteiger charge is -2.11. The van der Waals surface area contributed by atoms with Gasteiger partial charge in [-0.25, -0.2) is 0 Å². The van der Waals surface area contributed by atoms with Gasteiger partial charge in [0, 0.05) is 19.3 Å². The van der Waals surface area contributed by atoms with Gasteiger partial charge in [-0.05, 0) is 6.26 Å². The van der Waals surface area contributed by atoms with Crippen LogP contribution in [0.2, 0.25) is 0 Å². The van der Waals surface area contributed by atoms with Crippen LogP contribution in [0.3, 0.4) is 0 Å². The van der Waals surface area contributed by atoms with E-state index in [1.165, 1.54) is 0 Å². The molecule has 0 fully saturated rings. The van der Waals surface area contributed by atoms with Gasteiger partial charge in [-0.15, -0.1) is 0 Å². The van der Waals surface area contributed by atoms with Crippen molar-refractivity contribution in [3.8, 4) is 0 Å². The summed E-state index contributed by atoms with van der Waals surface area (Å²) in [5.74, 6) is 1.03. The molecule has 1 heterocycles. The fraction of sp³-hybridized carbons (Fsp3) is 0.667. The van der Waals surface area contributed by atoms with E-state index in [4.69, 9.17) is 10.2 Å². The zero-order chi connectivity index (χ0) is 8.97. The van der Waals surface area contributed by atoms with Crippen LogP contribution >= 0.6 is 11.8 Å². The smallest absolute Gasteiger partial charge is 0.319 e. The molecule has 0 atom stereocenters. The van der Waals surface area contributed by atoms with Gasteiger partial charge in [0.25, 0.3) is 0 Å². The first kappa shape index (κ1) is 9.18. The molecular formula is C6H12N4OS. The Morgan fingerprint density at radius 2 is 2.33 bits per heavy atom. The van der Waals surface area contributed by atoms with E-state index in [2.05, 4.69) is 16.5 Å². The maximum Gasteiger partial charge on any atom is 0.319 e. The summed E-state index contributed by atoms with van der Waals surface area (Å²) in [6.07, 6.45) is 2.05. The Morgan fingerprint density at radius 3 is 2.83 bits per heavy atom. The zero-order valence-corrected chi connectivity index (χ0v) is 7.97. The first-order valence-corrected chi connectivity index (χ1v) is 4.92. The summed E-state index contributed by atoms with van der Waals surface area (Å²) in [6, 6.07) is 0.586. The second kappa shape index (κ2) is 4.20. The van der Waals surface area contributed by atoms with E-state index in [1.807, 2.05) is 11.9 Å². The number of aromatic nitrogens is 2. The Labute approximate surface area is 75.3 Å². The molecule has 0 saturated heterocycles. The maximum atomic E-state index is 5.27. The first-order chi connectivity index (χ1) is 5.74. The SMILES string of the molecule is CSCCN(C)c1nnc(N)o1. The van der Waals surface area contributed by atoms with Gasteiger partial charge >= 0.3 is 12.0 Å². The normalized spacial score (nSPS) is 10.2. The monoisotopic (exact) mass is 188 g/mol. The Morgan fingerprint density at radius 1 is 1.58 bits per heavy atom. The zero-order valence-electron chi connectivity index (χ0n) is 7.15. The van der Waals surface area contributed by atoms with E-state index in [-0.39, 0.29) is 6.01 Å². The highest BCUT2D eigenvalue weighted by Crippen LogP contribution is 2.11. The van der Waals surface area contributed by atoms with Gasteiger partial charge < -0.3 is 15.1 Å². The molecule has 0 aliphatic rings. The molecule has 6 heteroatoms. The molecule has 0 spiro atoms. The van der Waals surface area contributed by atoms with E-state index in [0.717, 1.165) is 12.3 Å². The number of rotatable bonds is 4. The predicted octanol–water partition coefficient (Wildman–Crippen LogP) is 0.451. The fourth-order valence-electron chi connectivity index (χ4n) is 0.705. The average Bonchev–Trinajstić information content (AvgIpc) is 2.47. The summed E-state index contributed by atoms with van der Waals surface area (Å²) in [6.45, 7) is 0.878. The van der Waals surface area contributed by atoms with Crippen LogP contribution in [-0.4, -0.2) is 35.8 Å². The van der Waals surface area contributed by atoms with Crippen molar-refractivity contribution in [2.24, 2.45) is 0 Å².